The minimum Gasteiger partial charge on any atom is -0.481 e. The zero-order chi connectivity index (χ0) is 13.6. The van der Waals surface area contributed by atoms with Crippen molar-refractivity contribution in [2.24, 2.45) is 0 Å². The summed E-state index contributed by atoms with van der Waals surface area (Å²) in [5, 5.41) is 8.81. The monoisotopic (exact) mass is 272 g/mol. The van der Waals surface area contributed by atoms with Crippen molar-refractivity contribution in [3.63, 3.8) is 0 Å². The van der Waals surface area contributed by atoms with Gasteiger partial charge in [0.2, 0.25) is 0 Å². The van der Waals surface area contributed by atoms with E-state index in [1.165, 1.54) is 12.1 Å². The van der Waals surface area contributed by atoms with Crippen LogP contribution in [0.25, 0.3) is 0 Å². The van der Waals surface area contributed by atoms with E-state index in [-0.39, 0.29) is 11.3 Å². The summed E-state index contributed by atoms with van der Waals surface area (Å²) in [7, 11) is -3.45. The highest BCUT2D eigenvalue weighted by Gasteiger charge is 2.47. The Hall–Kier alpha value is -1.43. The smallest absolute Gasteiger partial charge is 0.304 e. The minimum atomic E-state index is -3.45. The van der Waals surface area contributed by atoms with Crippen LogP contribution in [0.15, 0.2) is 23.1 Å². The zero-order valence-electron chi connectivity index (χ0n) is 9.81. The van der Waals surface area contributed by atoms with E-state index >= 15 is 0 Å². The Morgan fingerprint density at radius 3 is 2.44 bits per heavy atom. The lowest BCUT2D eigenvalue weighted by Gasteiger charge is -2.14. The van der Waals surface area contributed by atoms with Crippen LogP contribution in [0.2, 0.25) is 0 Å². The number of hydrogen-bond donors (Lipinski definition) is 1. The molecule has 0 radical (unpaired) electrons. The fourth-order valence-corrected chi connectivity index (χ4v) is 2.77. The maximum Gasteiger partial charge on any atom is 0.304 e. The second kappa shape index (κ2) is 4.05. The number of hydrogen-bond acceptors (Lipinski definition) is 3. The molecule has 1 saturated carbocycles. The molecule has 2 rings (SSSR count). The number of halogens is 1. The van der Waals surface area contributed by atoms with E-state index in [0.717, 1.165) is 12.3 Å². The summed E-state index contributed by atoms with van der Waals surface area (Å²) in [4.78, 5) is 10.7. The van der Waals surface area contributed by atoms with Gasteiger partial charge in [-0.3, -0.25) is 4.79 Å². The van der Waals surface area contributed by atoms with Crippen molar-refractivity contribution >= 4 is 15.8 Å². The lowest BCUT2D eigenvalue weighted by Crippen LogP contribution is -2.15. The van der Waals surface area contributed by atoms with Crippen molar-refractivity contribution in [3.05, 3.63) is 29.6 Å². The van der Waals surface area contributed by atoms with Gasteiger partial charge in [0.15, 0.2) is 9.84 Å². The van der Waals surface area contributed by atoms with Crippen molar-refractivity contribution < 1.29 is 22.7 Å². The molecule has 0 spiro atoms. The third kappa shape index (κ3) is 2.38. The highest BCUT2D eigenvalue weighted by atomic mass is 32.2. The SMILES string of the molecule is CS(=O)(=O)c1ccc(C2(CC(=O)O)CC2)c(F)c1. The van der Waals surface area contributed by atoms with Crippen LogP contribution in [0.5, 0.6) is 0 Å². The molecule has 1 aromatic carbocycles. The van der Waals surface area contributed by atoms with Crippen molar-refractivity contribution in [1.82, 2.24) is 0 Å². The Balaban J connectivity index is 2.40. The Kier molecular flexibility index (Phi) is 2.93. The normalized spacial score (nSPS) is 17.4. The number of carboxylic acid groups (broad SMARTS) is 1. The fourth-order valence-electron chi connectivity index (χ4n) is 2.14. The molecule has 1 aliphatic rings. The average molecular weight is 272 g/mol. The highest BCUT2D eigenvalue weighted by Crippen LogP contribution is 2.51. The van der Waals surface area contributed by atoms with Crippen molar-refractivity contribution in [1.29, 1.82) is 0 Å². The van der Waals surface area contributed by atoms with Gasteiger partial charge in [-0.2, -0.15) is 0 Å². The summed E-state index contributed by atoms with van der Waals surface area (Å²) in [6.45, 7) is 0. The minimum absolute atomic E-state index is 0.0881. The molecule has 6 heteroatoms. The summed E-state index contributed by atoms with van der Waals surface area (Å²) in [6, 6.07) is 3.68. The largest absolute Gasteiger partial charge is 0.481 e. The Bertz CT molecular complexity index is 603. The van der Waals surface area contributed by atoms with Crippen LogP contribution in [0, 0.1) is 5.82 Å². The number of carboxylic acids is 1. The van der Waals surface area contributed by atoms with E-state index in [1.807, 2.05) is 0 Å². The number of carbonyl (C=O) groups is 1. The van der Waals surface area contributed by atoms with Gasteiger partial charge in [-0.15, -0.1) is 0 Å². The van der Waals surface area contributed by atoms with E-state index < -0.39 is 27.0 Å². The first kappa shape index (κ1) is 13.0. The second-order valence-corrected chi connectivity index (χ2v) is 6.78. The van der Waals surface area contributed by atoms with Crippen LogP contribution in [-0.4, -0.2) is 25.7 Å². The van der Waals surface area contributed by atoms with E-state index in [2.05, 4.69) is 0 Å². The van der Waals surface area contributed by atoms with Gasteiger partial charge in [-0.25, -0.2) is 12.8 Å². The standard InChI is InChI=1S/C12H13FO4S/c1-18(16,17)8-2-3-9(10(13)6-8)12(4-5-12)7-11(14)15/h2-3,6H,4-5,7H2,1H3,(H,14,15). The first-order chi connectivity index (χ1) is 8.24. The molecule has 4 nitrogen and oxygen atoms in total. The molecule has 98 valence electrons. The number of aliphatic carboxylic acids is 1. The molecule has 0 bridgehead atoms. The highest BCUT2D eigenvalue weighted by molar-refractivity contribution is 7.90. The van der Waals surface area contributed by atoms with E-state index in [1.54, 1.807) is 0 Å². The van der Waals surface area contributed by atoms with Gasteiger partial charge in [0.1, 0.15) is 5.82 Å². The third-order valence-electron chi connectivity index (χ3n) is 3.28. The summed E-state index contributed by atoms with van der Waals surface area (Å²) < 4.78 is 36.5. The molecule has 1 aliphatic carbocycles. The molecule has 0 heterocycles. The van der Waals surface area contributed by atoms with Crippen LogP contribution < -0.4 is 0 Å². The summed E-state index contributed by atoms with van der Waals surface area (Å²) in [5.74, 6) is -1.62. The zero-order valence-corrected chi connectivity index (χ0v) is 10.6. The van der Waals surface area contributed by atoms with E-state index in [9.17, 15) is 17.6 Å². The van der Waals surface area contributed by atoms with E-state index in [0.29, 0.717) is 18.4 Å². The molecule has 0 aliphatic heterocycles. The third-order valence-corrected chi connectivity index (χ3v) is 4.39. The van der Waals surface area contributed by atoms with Gasteiger partial charge in [-0.05, 0) is 30.5 Å². The molecule has 0 atom stereocenters. The summed E-state index contributed by atoms with van der Waals surface area (Å²) >= 11 is 0. The topological polar surface area (TPSA) is 71.4 Å². The van der Waals surface area contributed by atoms with Crippen LogP contribution in [0.3, 0.4) is 0 Å². The molecular weight excluding hydrogens is 259 g/mol. The maximum atomic E-state index is 13.9. The fraction of sp³-hybridized carbons (Fsp3) is 0.417. The van der Waals surface area contributed by atoms with Crippen LogP contribution in [0.1, 0.15) is 24.8 Å². The lowest BCUT2D eigenvalue weighted by atomic mass is 9.92. The molecule has 1 N–H and O–H groups in total. The molecule has 1 aromatic rings. The molecule has 0 amide bonds. The van der Waals surface area contributed by atoms with Gasteiger partial charge in [0.25, 0.3) is 0 Å². The molecule has 0 unspecified atom stereocenters. The number of rotatable bonds is 4. The van der Waals surface area contributed by atoms with Gasteiger partial charge in [-0.1, -0.05) is 6.07 Å². The molecule has 1 fully saturated rings. The lowest BCUT2D eigenvalue weighted by molar-refractivity contribution is -0.137. The van der Waals surface area contributed by atoms with Crippen molar-refractivity contribution in [2.75, 3.05) is 6.26 Å². The first-order valence-corrected chi connectivity index (χ1v) is 7.36. The predicted molar refractivity (Wildman–Crippen MR) is 62.7 cm³/mol. The van der Waals surface area contributed by atoms with Gasteiger partial charge in [0.05, 0.1) is 11.3 Å². The summed E-state index contributed by atoms with van der Waals surface area (Å²) in [5.41, 5.74) is -0.344. The Labute approximate surface area is 104 Å². The number of sulfone groups is 1. The van der Waals surface area contributed by atoms with Crippen LogP contribution >= 0.6 is 0 Å². The second-order valence-electron chi connectivity index (χ2n) is 4.76. The summed E-state index contributed by atoms with van der Waals surface area (Å²) in [6.07, 6.45) is 2.12. The Morgan fingerprint density at radius 2 is 2.06 bits per heavy atom. The maximum absolute atomic E-state index is 13.9. The quantitative estimate of drug-likeness (QED) is 0.906. The van der Waals surface area contributed by atoms with Gasteiger partial charge in [0, 0.05) is 11.7 Å². The molecule has 0 saturated heterocycles. The van der Waals surface area contributed by atoms with Gasteiger partial charge < -0.3 is 5.11 Å². The average Bonchev–Trinajstić information content (AvgIpc) is 2.95. The van der Waals surface area contributed by atoms with Crippen molar-refractivity contribution in [3.8, 4) is 0 Å². The van der Waals surface area contributed by atoms with Gasteiger partial charge >= 0.3 is 5.97 Å². The van der Waals surface area contributed by atoms with Crippen molar-refractivity contribution in [2.45, 2.75) is 29.6 Å². The van der Waals surface area contributed by atoms with Crippen LogP contribution in [0.4, 0.5) is 4.39 Å². The Morgan fingerprint density at radius 1 is 1.44 bits per heavy atom. The molecule has 0 aromatic heterocycles. The molecular formula is C12H13FO4S. The molecule has 18 heavy (non-hydrogen) atoms. The number of benzene rings is 1. The van der Waals surface area contributed by atoms with Crippen LogP contribution in [-0.2, 0) is 20.0 Å². The van der Waals surface area contributed by atoms with E-state index in [4.69, 9.17) is 5.11 Å². The predicted octanol–water partition coefficient (Wildman–Crippen LogP) is 1.74. The first-order valence-electron chi connectivity index (χ1n) is 5.46.